The summed E-state index contributed by atoms with van der Waals surface area (Å²) in [6.07, 6.45) is 3.47. The van der Waals surface area contributed by atoms with Gasteiger partial charge in [-0.3, -0.25) is 4.79 Å². The number of aliphatic hydroxyl groups is 1. The number of hydrogen-bond donors (Lipinski definition) is 3. The lowest BCUT2D eigenvalue weighted by Crippen LogP contribution is -2.41. The molecule has 0 radical (unpaired) electrons. The molecule has 2 atom stereocenters. The van der Waals surface area contributed by atoms with E-state index in [1.54, 1.807) is 0 Å². The fourth-order valence-corrected chi connectivity index (χ4v) is 1.83. The summed E-state index contributed by atoms with van der Waals surface area (Å²) in [5.74, 6) is 0.834. The van der Waals surface area contributed by atoms with Crippen molar-refractivity contribution in [2.75, 3.05) is 13.2 Å². The van der Waals surface area contributed by atoms with Gasteiger partial charge in [-0.1, -0.05) is 27.2 Å². The van der Waals surface area contributed by atoms with Crippen LogP contribution in [0.4, 0.5) is 0 Å². The number of rotatable bonds is 9. The summed E-state index contributed by atoms with van der Waals surface area (Å²) in [5.41, 5.74) is 5.52. The molecule has 0 spiro atoms. The van der Waals surface area contributed by atoms with Crippen LogP contribution >= 0.6 is 0 Å². The Morgan fingerprint density at radius 1 is 1.35 bits per heavy atom. The molecule has 102 valence electrons. The Bertz CT molecular complexity index is 208. The molecule has 4 N–H and O–H groups in total. The maximum absolute atomic E-state index is 11.7. The van der Waals surface area contributed by atoms with Gasteiger partial charge in [-0.15, -0.1) is 0 Å². The summed E-state index contributed by atoms with van der Waals surface area (Å²) in [6, 6.07) is -0.128. The first kappa shape index (κ1) is 16.4. The van der Waals surface area contributed by atoms with Crippen molar-refractivity contribution >= 4 is 5.91 Å². The number of amides is 1. The van der Waals surface area contributed by atoms with E-state index in [1.165, 1.54) is 0 Å². The molecule has 1 amide bonds. The highest BCUT2D eigenvalue weighted by Crippen LogP contribution is 2.14. The van der Waals surface area contributed by atoms with Crippen molar-refractivity contribution in [2.45, 2.75) is 52.5 Å². The quantitative estimate of drug-likeness (QED) is 0.572. The molecule has 0 aromatic heterocycles. The zero-order valence-electron chi connectivity index (χ0n) is 11.4. The van der Waals surface area contributed by atoms with E-state index < -0.39 is 0 Å². The van der Waals surface area contributed by atoms with E-state index in [2.05, 4.69) is 12.2 Å². The van der Waals surface area contributed by atoms with Gasteiger partial charge in [-0.25, -0.2) is 0 Å². The number of nitrogens with one attached hydrogen (secondary N) is 1. The Kier molecular flexibility index (Phi) is 9.09. The van der Waals surface area contributed by atoms with Gasteiger partial charge in [0, 0.05) is 6.42 Å². The van der Waals surface area contributed by atoms with Crippen molar-refractivity contribution < 1.29 is 9.90 Å². The van der Waals surface area contributed by atoms with E-state index in [4.69, 9.17) is 10.8 Å². The molecular weight excluding hydrogens is 216 g/mol. The van der Waals surface area contributed by atoms with E-state index >= 15 is 0 Å². The van der Waals surface area contributed by atoms with Crippen molar-refractivity contribution in [3.63, 3.8) is 0 Å². The molecule has 0 aliphatic rings. The van der Waals surface area contributed by atoms with Gasteiger partial charge >= 0.3 is 0 Å². The van der Waals surface area contributed by atoms with Gasteiger partial charge in [0.2, 0.25) is 5.91 Å². The molecule has 0 fully saturated rings. The summed E-state index contributed by atoms with van der Waals surface area (Å²) in [7, 11) is 0. The van der Waals surface area contributed by atoms with E-state index in [-0.39, 0.29) is 24.5 Å². The molecule has 0 saturated carbocycles. The third kappa shape index (κ3) is 7.34. The molecular formula is C13H28N2O2. The first-order chi connectivity index (χ1) is 8.04. The van der Waals surface area contributed by atoms with Crippen LogP contribution in [-0.2, 0) is 4.79 Å². The number of nitrogens with two attached hydrogens (primary N) is 1. The topological polar surface area (TPSA) is 75.4 Å². The molecule has 1 unspecified atom stereocenters. The van der Waals surface area contributed by atoms with E-state index in [0.29, 0.717) is 18.9 Å². The van der Waals surface area contributed by atoms with Crippen molar-refractivity contribution in [3.8, 4) is 0 Å². The van der Waals surface area contributed by atoms with E-state index in [9.17, 15) is 4.79 Å². The molecule has 0 aliphatic carbocycles. The Hall–Kier alpha value is -0.610. The predicted octanol–water partition coefficient (Wildman–Crippen LogP) is 1.27. The van der Waals surface area contributed by atoms with Crippen LogP contribution in [0, 0.1) is 11.8 Å². The molecule has 4 heteroatoms. The maximum atomic E-state index is 11.7. The van der Waals surface area contributed by atoms with Crippen LogP contribution in [0.5, 0.6) is 0 Å². The van der Waals surface area contributed by atoms with Gasteiger partial charge in [0.1, 0.15) is 0 Å². The second kappa shape index (κ2) is 9.42. The van der Waals surface area contributed by atoms with Crippen LogP contribution in [0.2, 0.25) is 0 Å². The number of carbonyl (C=O) groups excluding carboxylic acids is 1. The van der Waals surface area contributed by atoms with E-state index in [1.807, 2.05) is 13.8 Å². The van der Waals surface area contributed by atoms with Gasteiger partial charge in [0.05, 0.1) is 12.6 Å². The second-order valence-corrected chi connectivity index (χ2v) is 4.99. The van der Waals surface area contributed by atoms with Crippen LogP contribution in [0.1, 0.15) is 46.5 Å². The highest BCUT2D eigenvalue weighted by molar-refractivity contribution is 5.76. The second-order valence-electron chi connectivity index (χ2n) is 4.99. The smallest absolute Gasteiger partial charge is 0.220 e. The molecule has 0 rings (SSSR count). The Labute approximate surface area is 105 Å². The summed E-state index contributed by atoms with van der Waals surface area (Å²) in [5, 5.41) is 12.0. The minimum Gasteiger partial charge on any atom is -0.394 e. The van der Waals surface area contributed by atoms with Crippen LogP contribution in [0.3, 0.4) is 0 Å². The summed E-state index contributed by atoms with van der Waals surface area (Å²) >= 11 is 0. The normalized spacial score (nSPS) is 14.7. The van der Waals surface area contributed by atoms with Crippen LogP contribution in [0.25, 0.3) is 0 Å². The Morgan fingerprint density at radius 3 is 2.41 bits per heavy atom. The average Bonchev–Trinajstić information content (AvgIpc) is 2.30. The molecule has 0 aromatic rings. The zero-order valence-corrected chi connectivity index (χ0v) is 11.4. The maximum Gasteiger partial charge on any atom is 0.220 e. The fraction of sp³-hybridized carbons (Fsp3) is 0.923. The minimum absolute atomic E-state index is 0.00339. The molecule has 0 saturated heterocycles. The Balaban J connectivity index is 3.92. The SMILES string of the molecule is CCC(CCN)CCC(=O)N[C@H](CO)C(C)C. The van der Waals surface area contributed by atoms with Gasteiger partial charge in [0.15, 0.2) is 0 Å². The van der Waals surface area contributed by atoms with Crippen molar-refractivity contribution in [2.24, 2.45) is 17.6 Å². The molecule has 4 nitrogen and oxygen atoms in total. The molecule has 0 heterocycles. The lowest BCUT2D eigenvalue weighted by molar-refractivity contribution is -0.122. The highest BCUT2D eigenvalue weighted by atomic mass is 16.3. The number of hydrogen-bond acceptors (Lipinski definition) is 3. The van der Waals surface area contributed by atoms with E-state index in [0.717, 1.165) is 19.3 Å². The third-order valence-electron chi connectivity index (χ3n) is 3.28. The van der Waals surface area contributed by atoms with Crippen LogP contribution in [-0.4, -0.2) is 30.2 Å². The monoisotopic (exact) mass is 244 g/mol. The number of aliphatic hydroxyl groups excluding tert-OH is 1. The average molecular weight is 244 g/mol. The summed E-state index contributed by atoms with van der Waals surface area (Å²) < 4.78 is 0. The standard InChI is InChI=1S/C13H28N2O2/c1-4-11(7-8-14)5-6-13(17)15-12(9-16)10(2)3/h10-12,16H,4-9,14H2,1-3H3,(H,15,17)/t11?,12-/m1/s1. The molecule has 0 aliphatic heterocycles. The first-order valence-corrected chi connectivity index (χ1v) is 6.65. The Morgan fingerprint density at radius 2 is 2.00 bits per heavy atom. The first-order valence-electron chi connectivity index (χ1n) is 6.65. The van der Waals surface area contributed by atoms with Crippen molar-refractivity contribution in [1.82, 2.24) is 5.32 Å². The minimum atomic E-state index is -0.128. The molecule has 0 aromatic carbocycles. The molecule has 0 bridgehead atoms. The van der Waals surface area contributed by atoms with Gasteiger partial charge in [0.25, 0.3) is 0 Å². The van der Waals surface area contributed by atoms with Crippen LogP contribution < -0.4 is 11.1 Å². The summed E-state index contributed by atoms with van der Waals surface area (Å²) in [4.78, 5) is 11.7. The largest absolute Gasteiger partial charge is 0.394 e. The van der Waals surface area contributed by atoms with Gasteiger partial charge < -0.3 is 16.2 Å². The predicted molar refractivity (Wildman–Crippen MR) is 70.5 cm³/mol. The number of carbonyl (C=O) groups is 1. The molecule has 17 heavy (non-hydrogen) atoms. The van der Waals surface area contributed by atoms with Crippen LogP contribution in [0.15, 0.2) is 0 Å². The fourth-order valence-electron chi connectivity index (χ4n) is 1.83. The van der Waals surface area contributed by atoms with Gasteiger partial charge in [-0.2, -0.15) is 0 Å². The highest BCUT2D eigenvalue weighted by Gasteiger charge is 2.15. The van der Waals surface area contributed by atoms with Gasteiger partial charge in [-0.05, 0) is 31.2 Å². The lowest BCUT2D eigenvalue weighted by Gasteiger charge is -2.20. The summed E-state index contributed by atoms with van der Waals surface area (Å²) in [6.45, 7) is 6.80. The van der Waals surface area contributed by atoms with Crippen molar-refractivity contribution in [1.29, 1.82) is 0 Å². The zero-order chi connectivity index (χ0) is 13.3. The van der Waals surface area contributed by atoms with Crippen molar-refractivity contribution in [3.05, 3.63) is 0 Å². The third-order valence-corrected chi connectivity index (χ3v) is 3.28. The lowest BCUT2D eigenvalue weighted by atomic mass is 9.96.